The van der Waals surface area contributed by atoms with Crippen LogP contribution in [0.25, 0.3) is 0 Å². The molecule has 1 aromatic rings. The number of ketones is 1. The first-order chi connectivity index (χ1) is 9.10. The minimum absolute atomic E-state index is 0.0585. The van der Waals surface area contributed by atoms with Gasteiger partial charge in [-0.25, -0.2) is 0 Å². The monoisotopic (exact) mass is 276 g/mol. The lowest BCUT2D eigenvalue weighted by molar-refractivity contribution is -0.128. The van der Waals surface area contributed by atoms with Crippen molar-refractivity contribution in [3.8, 4) is 0 Å². The van der Waals surface area contributed by atoms with Gasteiger partial charge in [0.25, 0.3) is 0 Å². The highest BCUT2D eigenvalue weighted by Crippen LogP contribution is 2.29. The number of benzene rings is 1. The number of aliphatic hydroxyl groups excluding tert-OH is 1. The molecule has 20 heavy (non-hydrogen) atoms. The van der Waals surface area contributed by atoms with E-state index in [9.17, 15) is 9.90 Å². The molecule has 0 saturated carbocycles. The summed E-state index contributed by atoms with van der Waals surface area (Å²) >= 11 is 0. The van der Waals surface area contributed by atoms with Crippen molar-refractivity contribution in [1.29, 1.82) is 0 Å². The fraction of sp³-hybridized carbons (Fsp3) is 0.611. The van der Waals surface area contributed by atoms with Crippen LogP contribution in [0.15, 0.2) is 18.2 Å². The summed E-state index contributed by atoms with van der Waals surface area (Å²) in [4.78, 5) is 11.6. The molecule has 0 aliphatic carbocycles. The van der Waals surface area contributed by atoms with Gasteiger partial charge in [-0.3, -0.25) is 4.79 Å². The Morgan fingerprint density at radius 1 is 1.20 bits per heavy atom. The summed E-state index contributed by atoms with van der Waals surface area (Å²) in [5, 5.41) is 9.44. The topological polar surface area (TPSA) is 37.3 Å². The van der Waals surface area contributed by atoms with Crippen molar-refractivity contribution in [3.63, 3.8) is 0 Å². The maximum Gasteiger partial charge on any atom is 0.137 e. The molecule has 2 heteroatoms. The van der Waals surface area contributed by atoms with E-state index in [0.29, 0.717) is 6.42 Å². The predicted octanol–water partition coefficient (Wildman–Crippen LogP) is 3.81. The largest absolute Gasteiger partial charge is 0.395 e. The number of hydrogen-bond donors (Lipinski definition) is 1. The second-order valence-corrected chi connectivity index (χ2v) is 7.17. The normalized spacial score (nSPS) is 14.9. The Morgan fingerprint density at radius 3 is 2.25 bits per heavy atom. The molecular formula is C18H28O2. The third-order valence-corrected chi connectivity index (χ3v) is 4.27. The fourth-order valence-electron chi connectivity index (χ4n) is 2.42. The van der Waals surface area contributed by atoms with E-state index in [0.717, 1.165) is 6.42 Å². The third kappa shape index (κ3) is 3.92. The molecule has 0 radical (unpaired) electrons. The van der Waals surface area contributed by atoms with Crippen molar-refractivity contribution in [1.82, 2.24) is 0 Å². The maximum atomic E-state index is 11.6. The highest BCUT2D eigenvalue weighted by molar-refractivity contribution is 5.82. The molecule has 2 nitrogen and oxygen atoms in total. The summed E-state index contributed by atoms with van der Waals surface area (Å²) in [7, 11) is 0. The first-order valence-electron chi connectivity index (χ1n) is 7.32. The van der Waals surface area contributed by atoms with Crippen LogP contribution in [0.2, 0.25) is 0 Å². The summed E-state index contributed by atoms with van der Waals surface area (Å²) in [5.41, 5.74) is 3.40. The van der Waals surface area contributed by atoms with Crippen molar-refractivity contribution in [2.45, 2.75) is 59.8 Å². The Kier molecular flexibility index (Phi) is 5.15. The van der Waals surface area contributed by atoms with Crippen LogP contribution >= 0.6 is 0 Å². The van der Waals surface area contributed by atoms with Gasteiger partial charge < -0.3 is 5.11 Å². The molecule has 0 aliphatic rings. The van der Waals surface area contributed by atoms with Crippen molar-refractivity contribution < 1.29 is 9.90 Å². The molecule has 1 rings (SSSR count). The van der Waals surface area contributed by atoms with E-state index in [4.69, 9.17) is 0 Å². The molecule has 1 aromatic carbocycles. The molecule has 1 N–H and O–H groups in total. The maximum absolute atomic E-state index is 11.6. The quantitative estimate of drug-likeness (QED) is 0.888. The van der Waals surface area contributed by atoms with E-state index in [2.05, 4.69) is 45.9 Å². The van der Waals surface area contributed by atoms with E-state index in [1.54, 1.807) is 6.92 Å². The van der Waals surface area contributed by atoms with Crippen LogP contribution in [0.1, 0.15) is 57.7 Å². The first-order valence-corrected chi connectivity index (χ1v) is 7.32. The minimum atomic E-state index is -0.618. The van der Waals surface area contributed by atoms with Crippen LogP contribution in [-0.2, 0) is 16.6 Å². The number of carbonyl (C=O) groups excluding carboxylic acids is 1. The van der Waals surface area contributed by atoms with Crippen LogP contribution in [0.3, 0.4) is 0 Å². The molecule has 0 amide bonds. The van der Waals surface area contributed by atoms with Gasteiger partial charge in [0.15, 0.2) is 0 Å². The standard InChI is InChI=1S/C18H28O2/c1-13-7-8-15(11-16(13)17(3,4)5)9-10-18(6,12-19)14(2)20/h7-8,11,19H,9-10,12H2,1-6H3/t18-/m0/s1. The van der Waals surface area contributed by atoms with Crippen molar-refractivity contribution in [2.75, 3.05) is 6.61 Å². The van der Waals surface area contributed by atoms with Crippen LogP contribution in [-0.4, -0.2) is 17.5 Å². The Bertz CT molecular complexity index is 483. The SMILES string of the molecule is CC(=O)[C@](C)(CO)CCc1ccc(C)c(C(C)(C)C)c1. The summed E-state index contributed by atoms with van der Waals surface area (Å²) in [6.07, 6.45) is 1.51. The van der Waals surface area contributed by atoms with E-state index < -0.39 is 5.41 Å². The number of hydrogen-bond acceptors (Lipinski definition) is 2. The minimum Gasteiger partial charge on any atom is -0.395 e. The second-order valence-electron chi connectivity index (χ2n) is 7.17. The smallest absolute Gasteiger partial charge is 0.137 e. The molecule has 0 fully saturated rings. The van der Waals surface area contributed by atoms with Crippen LogP contribution in [0.5, 0.6) is 0 Å². The van der Waals surface area contributed by atoms with Crippen LogP contribution in [0.4, 0.5) is 0 Å². The van der Waals surface area contributed by atoms with Gasteiger partial charge in [0, 0.05) is 5.41 Å². The zero-order valence-electron chi connectivity index (χ0n) is 13.7. The number of carbonyl (C=O) groups is 1. The van der Waals surface area contributed by atoms with Gasteiger partial charge in [0.1, 0.15) is 5.78 Å². The third-order valence-electron chi connectivity index (χ3n) is 4.27. The molecule has 0 heterocycles. The molecule has 0 spiro atoms. The van der Waals surface area contributed by atoms with E-state index in [1.165, 1.54) is 16.7 Å². The average molecular weight is 276 g/mol. The molecule has 0 bridgehead atoms. The van der Waals surface area contributed by atoms with Gasteiger partial charge in [-0.05, 0) is 48.8 Å². The molecule has 1 atom stereocenters. The van der Waals surface area contributed by atoms with Gasteiger partial charge in [0.05, 0.1) is 6.61 Å². The zero-order valence-corrected chi connectivity index (χ0v) is 13.7. The van der Waals surface area contributed by atoms with Crippen molar-refractivity contribution >= 4 is 5.78 Å². The van der Waals surface area contributed by atoms with E-state index in [-0.39, 0.29) is 17.8 Å². The summed E-state index contributed by atoms with van der Waals surface area (Å²) in [6.45, 7) is 12.1. The summed E-state index contributed by atoms with van der Waals surface area (Å²) in [6, 6.07) is 6.52. The molecule has 0 aromatic heterocycles. The second kappa shape index (κ2) is 6.09. The average Bonchev–Trinajstić information content (AvgIpc) is 2.35. The number of Topliss-reactive ketones (excluding diaryl/α,β-unsaturated/α-hetero) is 1. The zero-order chi connectivity index (χ0) is 15.6. The number of aryl methyl sites for hydroxylation is 2. The predicted molar refractivity (Wildman–Crippen MR) is 84.1 cm³/mol. The molecule has 0 unspecified atom stereocenters. The van der Waals surface area contributed by atoms with Crippen molar-refractivity contribution in [3.05, 3.63) is 34.9 Å². The molecular weight excluding hydrogens is 248 g/mol. The number of rotatable bonds is 5. The van der Waals surface area contributed by atoms with E-state index >= 15 is 0 Å². The Balaban J connectivity index is 2.93. The molecule has 0 saturated heterocycles. The van der Waals surface area contributed by atoms with Crippen molar-refractivity contribution in [2.24, 2.45) is 5.41 Å². The lowest BCUT2D eigenvalue weighted by atomic mass is 9.79. The highest BCUT2D eigenvalue weighted by atomic mass is 16.3. The Labute approximate surface area is 123 Å². The van der Waals surface area contributed by atoms with Gasteiger partial charge in [-0.15, -0.1) is 0 Å². The highest BCUT2D eigenvalue weighted by Gasteiger charge is 2.28. The lowest BCUT2D eigenvalue weighted by Gasteiger charge is -2.25. The first kappa shape index (κ1) is 16.9. The lowest BCUT2D eigenvalue weighted by Crippen LogP contribution is -2.30. The fourth-order valence-corrected chi connectivity index (χ4v) is 2.42. The van der Waals surface area contributed by atoms with Gasteiger partial charge >= 0.3 is 0 Å². The van der Waals surface area contributed by atoms with E-state index in [1.807, 2.05) is 6.92 Å². The van der Waals surface area contributed by atoms with Gasteiger partial charge in [-0.2, -0.15) is 0 Å². The molecule has 112 valence electrons. The van der Waals surface area contributed by atoms with Crippen LogP contribution < -0.4 is 0 Å². The van der Waals surface area contributed by atoms with Crippen LogP contribution in [0, 0.1) is 12.3 Å². The van der Waals surface area contributed by atoms with Gasteiger partial charge in [0.2, 0.25) is 0 Å². The Hall–Kier alpha value is -1.15. The van der Waals surface area contributed by atoms with Gasteiger partial charge in [-0.1, -0.05) is 45.9 Å². The summed E-state index contributed by atoms with van der Waals surface area (Å²) < 4.78 is 0. The Morgan fingerprint density at radius 2 is 1.80 bits per heavy atom. The molecule has 0 aliphatic heterocycles. The number of aliphatic hydroxyl groups is 1. The summed E-state index contributed by atoms with van der Waals surface area (Å²) in [5.74, 6) is 0.0585.